The van der Waals surface area contributed by atoms with Crippen LogP contribution in [-0.2, 0) is 6.54 Å². The van der Waals surface area contributed by atoms with Gasteiger partial charge in [-0.05, 0) is 12.5 Å². The molecule has 0 radical (unpaired) electrons. The van der Waals surface area contributed by atoms with Crippen LogP contribution < -0.4 is 4.57 Å². The summed E-state index contributed by atoms with van der Waals surface area (Å²) in [5, 5.41) is 10.1. The zero-order valence-electron chi connectivity index (χ0n) is 10.6. The van der Waals surface area contributed by atoms with Crippen LogP contribution in [0.4, 0.5) is 0 Å². The van der Waals surface area contributed by atoms with E-state index in [4.69, 9.17) is 0 Å². The van der Waals surface area contributed by atoms with Crippen LogP contribution in [0.3, 0.4) is 0 Å². The monoisotopic (exact) mass is 240 g/mol. The SMILES string of the molecule is C=CCC[n+]1ccc(-c2ccc(C)cc2)c(O)c1. The molecule has 0 atom stereocenters. The van der Waals surface area contributed by atoms with Crippen molar-refractivity contribution in [2.75, 3.05) is 0 Å². The third-order valence-corrected chi connectivity index (χ3v) is 2.95. The van der Waals surface area contributed by atoms with Gasteiger partial charge in [0.15, 0.2) is 18.5 Å². The van der Waals surface area contributed by atoms with Crippen LogP contribution in [0.15, 0.2) is 55.4 Å². The molecule has 0 saturated carbocycles. The van der Waals surface area contributed by atoms with Crippen LogP contribution >= 0.6 is 0 Å². The average molecular weight is 240 g/mol. The van der Waals surface area contributed by atoms with Crippen LogP contribution in [0.1, 0.15) is 12.0 Å². The van der Waals surface area contributed by atoms with Crippen LogP contribution in [0, 0.1) is 6.92 Å². The van der Waals surface area contributed by atoms with E-state index in [1.165, 1.54) is 5.56 Å². The molecule has 2 heteroatoms. The molecule has 0 aliphatic rings. The maximum absolute atomic E-state index is 10.1. The number of aryl methyl sites for hydroxylation is 2. The number of allylic oxidation sites excluding steroid dienone is 1. The van der Waals surface area contributed by atoms with Crippen molar-refractivity contribution in [3.05, 3.63) is 60.9 Å². The highest BCUT2D eigenvalue weighted by Gasteiger charge is 2.09. The van der Waals surface area contributed by atoms with Crippen molar-refractivity contribution in [1.82, 2.24) is 0 Å². The van der Waals surface area contributed by atoms with E-state index in [0.717, 1.165) is 24.1 Å². The number of rotatable bonds is 4. The largest absolute Gasteiger partial charge is 0.502 e. The number of pyridine rings is 1. The molecule has 0 fully saturated rings. The molecule has 0 spiro atoms. The number of benzene rings is 1. The van der Waals surface area contributed by atoms with E-state index in [1.807, 2.05) is 47.2 Å². The Morgan fingerprint density at radius 2 is 1.94 bits per heavy atom. The first kappa shape index (κ1) is 12.4. The third kappa shape index (κ3) is 2.77. The van der Waals surface area contributed by atoms with E-state index in [9.17, 15) is 5.11 Å². The Hall–Kier alpha value is -2.09. The Kier molecular flexibility index (Phi) is 3.78. The normalized spacial score (nSPS) is 10.3. The van der Waals surface area contributed by atoms with Crippen molar-refractivity contribution in [2.24, 2.45) is 0 Å². The molecular weight excluding hydrogens is 222 g/mol. The minimum atomic E-state index is 0.311. The van der Waals surface area contributed by atoms with Gasteiger partial charge >= 0.3 is 0 Å². The quantitative estimate of drug-likeness (QED) is 0.644. The fourth-order valence-electron chi connectivity index (χ4n) is 1.88. The van der Waals surface area contributed by atoms with Gasteiger partial charge in [0.2, 0.25) is 6.20 Å². The summed E-state index contributed by atoms with van der Waals surface area (Å²) in [7, 11) is 0. The van der Waals surface area contributed by atoms with Crippen LogP contribution in [0.25, 0.3) is 11.1 Å². The van der Waals surface area contributed by atoms with E-state index in [0.29, 0.717) is 5.75 Å². The molecular formula is C16H18NO+. The van der Waals surface area contributed by atoms with E-state index in [1.54, 1.807) is 6.20 Å². The molecule has 0 aliphatic heterocycles. The Labute approximate surface area is 108 Å². The van der Waals surface area contributed by atoms with Crippen molar-refractivity contribution >= 4 is 0 Å². The predicted octanol–water partition coefficient (Wildman–Crippen LogP) is 3.23. The fourth-order valence-corrected chi connectivity index (χ4v) is 1.88. The molecule has 92 valence electrons. The van der Waals surface area contributed by atoms with E-state index < -0.39 is 0 Å². The second-order valence-electron chi connectivity index (χ2n) is 4.42. The standard InChI is InChI=1S/C16H17NO/c1-3-4-10-17-11-9-15(16(18)12-17)14-7-5-13(2)6-8-14/h3,5-9,11-12H,1,4,10H2,2H3/p+1. The van der Waals surface area contributed by atoms with Gasteiger partial charge in [-0.15, -0.1) is 6.58 Å². The molecule has 1 aromatic heterocycles. The van der Waals surface area contributed by atoms with Crippen molar-refractivity contribution in [3.63, 3.8) is 0 Å². The highest BCUT2D eigenvalue weighted by Crippen LogP contribution is 2.27. The summed E-state index contributed by atoms with van der Waals surface area (Å²) in [4.78, 5) is 0. The summed E-state index contributed by atoms with van der Waals surface area (Å²) in [5.41, 5.74) is 3.12. The molecule has 18 heavy (non-hydrogen) atoms. The molecule has 1 N–H and O–H groups in total. The highest BCUT2D eigenvalue weighted by molar-refractivity contribution is 5.68. The van der Waals surface area contributed by atoms with Gasteiger partial charge in [0.25, 0.3) is 0 Å². The lowest BCUT2D eigenvalue weighted by atomic mass is 10.0. The number of hydrogen-bond donors (Lipinski definition) is 1. The number of aromatic hydroxyl groups is 1. The lowest BCUT2D eigenvalue weighted by Gasteiger charge is -2.04. The molecule has 0 unspecified atom stereocenters. The summed E-state index contributed by atoms with van der Waals surface area (Å²) >= 11 is 0. The fraction of sp³-hybridized carbons (Fsp3) is 0.188. The number of hydrogen-bond acceptors (Lipinski definition) is 1. The predicted molar refractivity (Wildman–Crippen MR) is 73.3 cm³/mol. The molecule has 2 nitrogen and oxygen atoms in total. The maximum atomic E-state index is 10.1. The van der Waals surface area contributed by atoms with Gasteiger partial charge in [-0.1, -0.05) is 35.9 Å². The van der Waals surface area contributed by atoms with Crippen LogP contribution in [0.2, 0.25) is 0 Å². The average Bonchev–Trinajstić information content (AvgIpc) is 2.38. The Balaban J connectivity index is 2.29. The minimum absolute atomic E-state index is 0.311. The van der Waals surface area contributed by atoms with Crippen molar-refractivity contribution < 1.29 is 9.67 Å². The molecule has 2 aromatic rings. The summed E-state index contributed by atoms with van der Waals surface area (Å²) in [6, 6.07) is 10.1. The smallest absolute Gasteiger partial charge is 0.211 e. The summed E-state index contributed by atoms with van der Waals surface area (Å²) < 4.78 is 1.97. The van der Waals surface area contributed by atoms with Gasteiger partial charge in [0.1, 0.15) is 0 Å². The summed E-state index contributed by atoms with van der Waals surface area (Å²) in [5.74, 6) is 0.311. The first-order valence-corrected chi connectivity index (χ1v) is 6.10. The zero-order chi connectivity index (χ0) is 13.0. The topological polar surface area (TPSA) is 24.1 Å². The number of aromatic nitrogens is 1. The molecule has 1 aromatic carbocycles. The number of nitrogens with zero attached hydrogens (tertiary/aromatic N) is 1. The maximum Gasteiger partial charge on any atom is 0.211 e. The van der Waals surface area contributed by atoms with E-state index in [2.05, 4.69) is 13.5 Å². The van der Waals surface area contributed by atoms with Crippen LogP contribution in [0.5, 0.6) is 5.75 Å². The second-order valence-corrected chi connectivity index (χ2v) is 4.42. The summed E-state index contributed by atoms with van der Waals surface area (Å²) in [6.45, 7) is 6.59. The van der Waals surface area contributed by atoms with Gasteiger partial charge in [-0.3, -0.25) is 0 Å². The third-order valence-electron chi connectivity index (χ3n) is 2.95. The Morgan fingerprint density at radius 3 is 2.56 bits per heavy atom. The molecule has 0 bridgehead atoms. The minimum Gasteiger partial charge on any atom is -0.502 e. The van der Waals surface area contributed by atoms with E-state index in [-0.39, 0.29) is 0 Å². The van der Waals surface area contributed by atoms with Crippen LogP contribution in [-0.4, -0.2) is 5.11 Å². The zero-order valence-corrected chi connectivity index (χ0v) is 10.6. The van der Waals surface area contributed by atoms with Crippen molar-refractivity contribution in [1.29, 1.82) is 0 Å². The van der Waals surface area contributed by atoms with Gasteiger partial charge in [-0.2, -0.15) is 0 Å². The molecule has 1 heterocycles. The van der Waals surface area contributed by atoms with Gasteiger partial charge < -0.3 is 5.11 Å². The Bertz CT molecular complexity index is 544. The van der Waals surface area contributed by atoms with Gasteiger partial charge in [0.05, 0.1) is 0 Å². The van der Waals surface area contributed by atoms with Crippen molar-refractivity contribution in [3.8, 4) is 16.9 Å². The molecule has 2 rings (SSSR count). The molecule has 0 saturated heterocycles. The first-order chi connectivity index (χ1) is 8.70. The van der Waals surface area contributed by atoms with E-state index >= 15 is 0 Å². The highest BCUT2D eigenvalue weighted by atomic mass is 16.3. The second kappa shape index (κ2) is 5.50. The van der Waals surface area contributed by atoms with Crippen molar-refractivity contribution in [2.45, 2.75) is 19.9 Å². The van der Waals surface area contributed by atoms with Gasteiger partial charge in [-0.25, -0.2) is 4.57 Å². The lowest BCUT2D eigenvalue weighted by Crippen LogP contribution is -2.32. The Morgan fingerprint density at radius 1 is 1.22 bits per heavy atom. The van der Waals surface area contributed by atoms with Gasteiger partial charge in [0, 0.05) is 18.1 Å². The molecule has 0 amide bonds. The first-order valence-electron chi connectivity index (χ1n) is 6.10. The molecule has 0 aliphatic carbocycles. The summed E-state index contributed by atoms with van der Waals surface area (Å²) in [6.07, 6.45) is 6.52. The lowest BCUT2D eigenvalue weighted by molar-refractivity contribution is -0.696.